The normalized spacial score (nSPS) is 40.9. The van der Waals surface area contributed by atoms with Crippen LogP contribution >= 0.6 is 0 Å². The molecular formula is C10H21NO3. The number of hydroxylamine groups is 4. The van der Waals surface area contributed by atoms with Crippen molar-refractivity contribution in [3.05, 3.63) is 5.21 Å². The Bertz CT molecular complexity index is 203. The van der Waals surface area contributed by atoms with Crippen molar-refractivity contribution in [1.29, 1.82) is 0 Å². The molecule has 1 N–H and O–H groups in total. The first-order valence-electron chi connectivity index (χ1n) is 5.00. The molecule has 1 saturated heterocycles. The van der Waals surface area contributed by atoms with Crippen LogP contribution in [0.4, 0.5) is 0 Å². The fourth-order valence-electron chi connectivity index (χ4n) is 2.42. The Morgan fingerprint density at radius 1 is 1.21 bits per heavy atom. The second-order valence-electron chi connectivity index (χ2n) is 5.47. The van der Waals surface area contributed by atoms with Crippen molar-refractivity contribution in [2.75, 3.05) is 7.11 Å². The summed E-state index contributed by atoms with van der Waals surface area (Å²) in [5, 5.41) is 22.1. The van der Waals surface area contributed by atoms with Gasteiger partial charge in [0.2, 0.25) is 0 Å². The fourth-order valence-corrected chi connectivity index (χ4v) is 2.42. The maximum absolute atomic E-state index is 12.1. The minimum atomic E-state index is -1.18. The van der Waals surface area contributed by atoms with Gasteiger partial charge in [-0.2, -0.15) is 0 Å². The van der Waals surface area contributed by atoms with E-state index in [4.69, 9.17) is 4.74 Å². The molecule has 1 rings (SSSR count). The molecule has 0 spiro atoms. The Labute approximate surface area is 85.6 Å². The molecule has 1 aliphatic rings. The third-order valence-corrected chi connectivity index (χ3v) is 3.43. The highest BCUT2D eigenvalue weighted by atomic mass is 16.8. The first-order chi connectivity index (χ1) is 6.14. The maximum atomic E-state index is 12.1. The molecule has 1 aliphatic heterocycles. The lowest BCUT2D eigenvalue weighted by molar-refractivity contribution is -1.14. The van der Waals surface area contributed by atoms with E-state index in [-0.39, 0.29) is 6.10 Å². The van der Waals surface area contributed by atoms with E-state index in [0.29, 0.717) is 12.8 Å². The van der Waals surface area contributed by atoms with Gasteiger partial charge in [0.15, 0.2) is 0 Å². The Morgan fingerprint density at radius 3 is 1.86 bits per heavy atom. The summed E-state index contributed by atoms with van der Waals surface area (Å²) in [5.74, 6) is 0. The smallest absolute Gasteiger partial charge is 0.126 e. The minimum Gasteiger partial charge on any atom is -0.598 e. The van der Waals surface area contributed by atoms with E-state index in [9.17, 15) is 10.4 Å². The second kappa shape index (κ2) is 3.17. The monoisotopic (exact) mass is 203 g/mol. The molecular weight excluding hydrogens is 182 g/mol. The van der Waals surface area contributed by atoms with Gasteiger partial charge < -0.3 is 9.94 Å². The zero-order valence-electron chi connectivity index (χ0n) is 9.70. The van der Waals surface area contributed by atoms with Crippen molar-refractivity contribution in [3.63, 3.8) is 0 Å². The van der Waals surface area contributed by atoms with Crippen LogP contribution in [0.5, 0.6) is 0 Å². The molecule has 1 fully saturated rings. The molecule has 0 saturated carbocycles. The molecule has 0 radical (unpaired) electrons. The molecule has 0 atom stereocenters. The molecule has 1 heterocycles. The average Bonchev–Trinajstić information content (AvgIpc) is 1.99. The van der Waals surface area contributed by atoms with Crippen LogP contribution in [0.25, 0.3) is 0 Å². The van der Waals surface area contributed by atoms with E-state index in [2.05, 4.69) is 0 Å². The minimum absolute atomic E-state index is 0.0624. The zero-order chi connectivity index (χ0) is 11.2. The number of ether oxygens (including phenoxy) is 1. The molecule has 0 bridgehead atoms. The third-order valence-electron chi connectivity index (χ3n) is 3.43. The maximum Gasteiger partial charge on any atom is 0.126 e. The molecule has 0 aliphatic carbocycles. The van der Waals surface area contributed by atoms with Gasteiger partial charge in [-0.3, -0.25) is 0 Å². The van der Waals surface area contributed by atoms with Crippen LogP contribution < -0.4 is 0 Å². The van der Waals surface area contributed by atoms with Gasteiger partial charge in [-0.05, 0) is 27.7 Å². The number of nitrogens with zero attached hydrogens (tertiary/aromatic N) is 1. The number of hydrogen-bond acceptors (Lipinski definition) is 3. The lowest BCUT2D eigenvalue weighted by Crippen LogP contribution is -2.70. The fraction of sp³-hybridized carbons (Fsp3) is 1.00. The Hall–Kier alpha value is -0.160. The molecule has 4 nitrogen and oxygen atoms in total. The molecule has 14 heavy (non-hydrogen) atoms. The van der Waals surface area contributed by atoms with Crippen LogP contribution in [-0.2, 0) is 4.74 Å². The van der Waals surface area contributed by atoms with Crippen molar-refractivity contribution in [2.45, 2.75) is 57.7 Å². The Kier molecular flexibility index (Phi) is 2.69. The van der Waals surface area contributed by atoms with E-state index >= 15 is 0 Å². The van der Waals surface area contributed by atoms with E-state index in [1.807, 2.05) is 0 Å². The summed E-state index contributed by atoms with van der Waals surface area (Å²) >= 11 is 0. The van der Waals surface area contributed by atoms with Crippen molar-refractivity contribution in [3.8, 4) is 0 Å². The lowest BCUT2D eigenvalue weighted by atomic mass is 9.79. The standard InChI is InChI=1S/C10H21NO3/c1-9(2)6-8(14-5)7-10(3,4)11(9,12)13/h8,12H,6-7H2,1-5H3. The highest BCUT2D eigenvalue weighted by Crippen LogP contribution is 2.43. The van der Waals surface area contributed by atoms with Gasteiger partial charge in [-0.15, -0.1) is 0 Å². The van der Waals surface area contributed by atoms with Crippen LogP contribution in [-0.4, -0.2) is 34.3 Å². The van der Waals surface area contributed by atoms with Gasteiger partial charge in [-0.1, -0.05) is 0 Å². The summed E-state index contributed by atoms with van der Waals surface area (Å²) in [4.78, 5) is -1.18. The van der Waals surface area contributed by atoms with Crippen molar-refractivity contribution < 1.29 is 14.8 Å². The van der Waals surface area contributed by atoms with E-state index in [0.717, 1.165) is 0 Å². The summed E-state index contributed by atoms with van der Waals surface area (Å²) in [6.07, 6.45) is 1.24. The molecule has 0 aromatic carbocycles. The number of rotatable bonds is 1. The topological polar surface area (TPSA) is 52.5 Å². The van der Waals surface area contributed by atoms with Gasteiger partial charge >= 0.3 is 0 Å². The lowest BCUT2D eigenvalue weighted by Gasteiger charge is -2.60. The van der Waals surface area contributed by atoms with Gasteiger partial charge in [-0.25, -0.2) is 10.0 Å². The number of piperidine rings is 1. The van der Waals surface area contributed by atoms with Gasteiger partial charge in [0, 0.05) is 20.0 Å². The average molecular weight is 203 g/mol. The second-order valence-corrected chi connectivity index (χ2v) is 5.47. The molecule has 84 valence electrons. The third kappa shape index (κ3) is 1.56. The number of methoxy groups -OCH3 is 1. The van der Waals surface area contributed by atoms with E-state index in [1.54, 1.807) is 34.8 Å². The molecule has 0 aromatic rings. The Morgan fingerprint density at radius 2 is 1.57 bits per heavy atom. The van der Waals surface area contributed by atoms with Gasteiger partial charge in [0.1, 0.15) is 11.1 Å². The largest absolute Gasteiger partial charge is 0.598 e. The van der Waals surface area contributed by atoms with Crippen molar-refractivity contribution in [1.82, 2.24) is 0 Å². The summed E-state index contributed by atoms with van der Waals surface area (Å²) in [5.41, 5.74) is -1.41. The van der Waals surface area contributed by atoms with Crippen molar-refractivity contribution >= 4 is 0 Å². The summed E-state index contributed by atoms with van der Waals surface area (Å²) < 4.78 is 5.30. The van der Waals surface area contributed by atoms with Crippen LogP contribution in [0.3, 0.4) is 0 Å². The van der Waals surface area contributed by atoms with Crippen LogP contribution in [0, 0.1) is 5.21 Å². The molecule has 0 unspecified atom stereocenters. The zero-order valence-corrected chi connectivity index (χ0v) is 9.70. The van der Waals surface area contributed by atoms with Gasteiger partial charge in [0.05, 0.1) is 6.10 Å². The molecule has 4 heteroatoms. The van der Waals surface area contributed by atoms with Crippen LogP contribution in [0.15, 0.2) is 0 Å². The predicted molar refractivity (Wildman–Crippen MR) is 53.6 cm³/mol. The highest BCUT2D eigenvalue weighted by molar-refractivity contribution is 4.89. The first kappa shape index (κ1) is 11.9. The first-order valence-corrected chi connectivity index (χ1v) is 5.00. The number of hydrogen-bond donors (Lipinski definition) is 1. The molecule has 0 amide bonds. The highest BCUT2D eigenvalue weighted by Gasteiger charge is 2.54. The van der Waals surface area contributed by atoms with Crippen molar-refractivity contribution in [2.24, 2.45) is 0 Å². The SMILES string of the molecule is COC1CC(C)(C)[N+]([O-])(O)C(C)(C)C1. The summed E-state index contributed by atoms with van der Waals surface area (Å²) in [6, 6.07) is 0. The quantitative estimate of drug-likeness (QED) is 0.524. The number of quaternary nitrogens is 1. The van der Waals surface area contributed by atoms with E-state index < -0.39 is 15.9 Å². The van der Waals surface area contributed by atoms with Crippen LogP contribution in [0.2, 0.25) is 0 Å². The molecule has 0 aromatic heterocycles. The summed E-state index contributed by atoms with van der Waals surface area (Å²) in [7, 11) is 1.65. The summed E-state index contributed by atoms with van der Waals surface area (Å²) in [6.45, 7) is 7.14. The Balaban J connectivity index is 3.00. The van der Waals surface area contributed by atoms with Gasteiger partial charge in [0.25, 0.3) is 0 Å². The predicted octanol–water partition coefficient (Wildman–Crippen LogP) is 2.06. The van der Waals surface area contributed by atoms with Crippen LogP contribution in [0.1, 0.15) is 40.5 Å². The van der Waals surface area contributed by atoms with E-state index in [1.165, 1.54) is 0 Å².